The summed E-state index contributed by atoms with van der Waals surface area (Å²) in [4.78, 5) is 28.3. The smallest absolute Gasteiger partial charge is 0.227 e. The van der Waals surface area contributed by atoms with Gasteiger partial charge in [-0.2, -0.15) is 0 Å². The summed E-state index contributed by atoms with van der Waals surface area (Å²) in [6.45, 7) is 2.80. The van der Waals surface area contributed by atoms with Gasteiger partial charge in [-0.25, -0.2) is 0 Å². The molecule has 2 saturated heterocycles. The van der Waals surface area contributed by atoms with E-state index in [0.29, 0.717) is 19.5 Å². The number of hydrogen-bond donors (Lipinski definition) is 0. The van der Waals surface area contributed by atoms with Gasteiger partial charge in [0.2, 0.25) is 11.8 Å². The molecule has 3 rings (SSSR count). The summed E-state index contributed by atoms with van der Waals surface area (Å²) < 4.78 is 5.14. The van der Waals surface area contributed by atoms with Crippen LogP contribution in [0.25, 0.3) is 0 Å². The van der Waals surface area contributed by atoms with E-state index < -0.39 is 0 Å². The van der Waals surface area contributed by atoms with Crippen molar-refractivity contribution < 1.29 is 14.3 Å². The van der Waals surface area contributed by atoms with E-state index in [1.807, 2.05) is 29.2 Å². The maximum Gasteiger partial charge on any atom is 0.227 e. The summed E-state index contributed by atoms with van der Waals surface area (Å²) in [5, 5.41) is 0. The minimum absolute atomic E-state index is 0.0772. The third-order valence-electron chi connectivity index (χ3n) is 4.51. The van der Waals surface area contributed by atoms with Gasteiger partial charge < -0.3 is 14.5 Å². The Balaban J connectivity index is 1.60. The fourth-order valence-electron chi connectivity index (χ4n) is 3.24. The number of amides is 2. The zero-order chi connectivity index (χ0) is 15.5. The fraction of sp³-hybridized carbons (Fsp3) is 0.529. The number of likely N-dealkylation sites (tertiary alicyclic amines) is 2. The molecular weight excluding hydrogens is 280 g/mol. The first kappa shape index (κ1) is 14.9. The topological polar surface area (TPSA) is 49.9 Å². The highest BCUT2D eigenvalue weighted by Crippen LogP contribution is 2.24. The Morgan fingerprint density at radius 2 is 1.91 bits per heavy atom. The molecule has 2 fully saturated rings. The predicted octanol–water partition coefficient (Wildman–Crippen LogP) is 1.67. The van der Waals surface area contributed by atoms with Gasteiger partial charge in [0, 0.05) is 32.6 Å². The molecule has 0 saturated carbocycles. The van der Waals surface area contributed by atoms with Crippen LogP contribution in [-0.4, -0.2) is 48.4 Å². The van der Waals surface area contributed by atoms with Crippen LogP contribution in [-0.2, 0) is 16.1 Å². The van der Waals surface area contributed by atoms with E-state index in [4.69, 9.17) is 4.74 Å². The number of hydrogen-bond acceptors (Lipinski definition) is 3. The number of nitrogens with zero attached hydrogens (tertiary/aromatic N) is 2. The lowest BCUT2D eigenvalue weighted by atomic mass is 10.1. The minimum atomic E-state index is -0.163. The SMILES string of the molecule is COc1ccc(CN2C[C@@H](C(=O)N3CCCC3)CC2=O)cc1. The van der Waals surface area contributed by atoms with Crippen molar-refractivity contribution in [2.45, 2.75) is 25.8 Å². The molecule has 1 aromatic carbocycles. The lowest BCUT2D eigenvalue weighted by molar-refractivity contribution is -0.134. The highest BCUT2D eigenvalue weighted by molar-refractivity contribution is 5.89. The van der Waals surface area contributed by atoms with E-state index in [-0.39, 0.29) is 17.7 Å². The fourth-order valence-corrected chi connectivity index (χ4v) is 3.24. The summed E-state index contributed by atoms with van der Waals surface area (Å²) in [6, 6.07) is 7.70. The quantitative estimate of drug-likeness (QED) is 0.850. The van der Waals surface area contributed by atoms with Crippen LogP contribution >= 0.6 is 0 Å². The van der Waals surface area contributed by atoms with Crippen molar-refractivity contribution >= 4 is 11.8 Å². The van der Waals surface area contributed by atoms with Crippen LogP contribution in [0.5, 0.6) is 5.75 Å². The van der Waals surface area contributed by atoms with Crippen molar-refractivity contribution in [1.29, 1.82) is 0 Å². The van der Waals surface area contributed by atoms with Gasteiger partial charge in [0.25, 0.3) is 0 Å². The zero-order valence-corrected chi connectivity index (χ0v) is 13.0. The number of rotatable bonds is 4. The number of methoxy groups -OCH3 is 1. The van der Waals surface area contributed by atoms with Gasteiger partial charge in [0.15, 0.2) is 0 Å². The molecule has 0 N–H and O–H groups in total. The van der Waals surface area contributed by atoms with Crippen molar-refractivity contribution in [1.82, 2.24) is 9.80 Å². The molecule has 0 aliphatic carbocycles. The third-order valence-corrected chi connectivity index (χ3v) is 4.51. The van der Waals surface area contributed by atoms with Gasteiger partial charge in [0.05, 0.1) is 13.0 Å². The highest BCUT2D eigenvalue weighted by atomic mass is 16.5. The second-order valence-electron chi connectivity index (χ2n) is 6.06. The lowest BCUT2D eigenvalue weighted by Crippen LogP contribution is -2.35. The van der Waals surface area contributed by atoms with Crippen LogP contribution in [0.15, 0.2) is 24.3 Å². The standard InChI is InChI=1S/C17H22N2O3/c1-22-15-6-4-13(5-7-15)11-19-12-14(10-16(19)20)17(21)18-8-2-3-9-18/h4-7,14H,2-3,8-12H2,1H3/t14-/m0/s1. The summed E-state index contributed by atoms with van der Waals surface area (Å²) in [5.74, 6) is 0.874. The van der Waals surface area contributed by atoms with Crippen LogP contribution in [0.3, 0.4) is 0 Å². The van der Waals surface area contributed by atoms with Crippen molar-refractivity contribution in [2.24, 2.45) is 5.92 Å². The van der Waals surface area contributed by atoms with Gasteiger partial charge in [-0.3, -0.25) is 9.59 Å². The van der Waals surface area contributed by atoms with Gasteiger partial charge in [-0.05, 0) is 30.5 Å². The third kappa shape index (κ3) is 3.08. The molecule has 2 aliphatic heterocycles. The Kier molecular flexibility index (Phi) is 4.32. The molecule has 2 heterocycles. The zero-order valence-electron chi connectivity index (χ0n) is 13.0. The molecular formula is C17H22N2O3. The van der Waals surface area contributed by atoms with E-state index in [9.17, 15) is 9.59 Å². The summed E-state index contributed by atoms with van der Waals surface area (Å²) in [5.41, 5.74) is 1.06. The molecule has 0 radical (unpaired) electrons. The molecule has 0 aromatic heterocycles. The number of benzene rings is 1. The molecule has 5 nitrogen and oxygen atoms in total. The molecule has 22 heavy (non-hydrogen) atoms. The monoisotopic (exact) mass is 302 g/mol. The van der Waals surface area contributed by atoms with Crippen LogP contribution in [0.1, 0.15) is 24.8 Å². The van der Waals surface area contributed by atoms with Gasteiger partial charge in [-0.15, -0.1) is 0 Å². The Bertz CT molecular complexity index is 550. The normalized spacial score (nSPS) is 21.5. The van der Waals surface area contributed by atoms with Crippen molar-refractivity contribution in [3.8, 4) is 5.75 Å². The number of carbonyl (C=O) groups is 2. The highest BCUT2D eigenvalue weighted by Gasteiger charge is 2.36. The molecule has 5 heteroatoms. The Labute approximate surface area is 130 Å². The first-order chi connectivity index (χ1) is 10.7. The van der Waals surface area contributed by atoms with E-state index in [1.165, 1.54) is 0 Å². The van der Waals surface area contributed by atoms with Crippen molar-refractivity contribution in [2.75, 3.05) is 26.7 Å². The Morgan fingerprint density at radius 3 is 2.55 bits per heavy atom. The van der Waals surface area contributed by atoms with Crippen LogP contribution in [0.2, 0.25) is 0 Å². The predicted molar refractivity (Wildman–Crippen MR) is 82.3 cm³/mol. The number of carbonyl (C=O) groups excluding carboxylic acids is 2. The Morgan fingerprint density at radius 1 is 1.23 bits per heavy atom. The molecule has 1 aromatic rings. The Hall–Kier alpha value is -2.04. The minimum Gasteiger partial charge on any atom is -0.497 e. The second-order valence-corrected chi connectivity index (χ2v) is 6.06. The summed E-state index contributed by atoms with van der Waals surface area (Å²) in [7, 11) is 1.63. The molecule has 0 unspecified atom stereocenters. The summed E-state index contributed by atoms with van der Waals surface area (Å²) in [6.07, 6.45) is 2.52. The van der Waals surface area contributed by atoms with E-state index in [0.717, 1.165) is 37.2 Å². The van der Waals surface area contributed by atoms with Gasteiger partial charge in [-0.1, -0.05) is 12.1 Å². The van der Waals surface area contributed by atoms with E-state index in [2.05, 4.69) is 0 Å². The molecule has 0 spiro atoms. The maximum absolute atomic E-state index is 12.4. The number of ether oxygens (including phenoxy) is 1. The van der Waals surface area contributed by atoms with E-state index >= 15 is 0 Å². The molecule has 118 valence electrons. The average Bonchev–Trinajstić information content (AvgIpc) is 3.18. The van der Waals surface area contributed by atoms with E-state index in [1.54, 1.807) is 12.0 Å². The van der Waals surface area contributed by atoms with Crippen LogP contribution < -0.4 is 4.74 Å². The first-order valence-corrected chi connectivity index (χ1v) is 7.87. The van der Waals surface area contributed by atoms with Gasteiger partial charge >= 0.3 is 0 Å². The van der Waals surface area contributed by atoms with Crippen molar-refractivity contribution in [3.63, 3.8) is 0 Å². The molecule has 2 aliphatic rings. The van der Waals surface area contributed by atoms with Crippen LogP contribution in [0.4, 0.5) is 0 Å². The summed E-state index contributed by atoms with van der Waals surface area (Å²) >= 11 is 0. The average molecular weight is 302 g/mol. The van der Waals surface area contributed by atoms with Crippen LogP contribution in [0, 0.1) is 5.92 Å². The molecule has 0 bridgehead atoms. The lowest BCUT2D eigenvalue weighted by Gasteiger charge is -2.20. The second kappa shape index (κ2) is 6.38. The maximum atomic E-state index is 12.4. The van der Waals surface area contributed by atoms with Crippen molar-refractivity contribution in [3.05, 3.63) is 29.8 Å². The molecule has 1 atom stereocenters. The first-order valence-electron chi connectivity index (χ1n) is 7.87. The largest absolute Gasteiger partial charge is 0.497 e. The van der Waals surface area contributed by atoms with Gasteiger partial charge in [0.1, 0.15) is 5.75 Å². The molecule has 2 amide bonds.